The Morgan fingerprint density at radius 1 is 1.31 bits per heavy atom. The lowest BCUT2D eigenvalue weighted by Gasteiger charge is -2.16. The second-order valence-electron chi connectivity index (χ2n) is 3.34. The summed E-state index contributed by atoms with van der Waals surface area (Å²) in [5, 5.41) is 2.61. The molecular weight excluding hydrogens is 237 g/mol. The standard InChI is InChI=1S/C9H8FNO4S/c10-16(13,14)15-7-2-3-8-6(5-7)1-4-9(12)11-8/h2-3,5H,1,4H2,(H,11,12). The van der Waals surface area contributed by atoms with E-state index in [9.17, 15) is 17.1 Å². The van der Waals surface area contributed by atoms with Crippen molar-refractivity contribution in [2.45, 2.75) is 12.8 Å². The molecule has 1 aliphatic heterocycles. The molecule has 7 heteroatoms. The largest absolute Gasteiger partial charge is 0.488 e. The van der Waals surface area contributed by atoms with Crippen LogP contribution in [0.4, 0.5) is 9.57 Å². The molecule has 1 heterocycles. The van der Waals surface area contributed by atoms with Gasteiger partial charge in [0.2, 0.25) is 5.91 Å². The summed E-state index contributed by atoms with van der Waals surface area (Å²) in [6.07, 6.45) is 0.795. The number of fused-ring (bicyclic) bond motifs is 1. The molecule has 0 aliphatic carbocycles. The third-order valence-corrected chi connectivity index (χ3v) is 2.56. The van der Waals surface area contributed by atoms with Crippen molar-refractivity contribution in [3.05, 3.63) is 23.8 Å². The van der Waals surface area contributed by atoms with Crippen LogP contribution < -0.4 is 9.50 Å². The zero-order chi connectivity index (χ0) is 11.8. The second kappa shape index (κ2) is 3.75. The van der Waals surface area contributed by atoms with Crippen LogP contribution in [0.15, 0.2) is 18.2 Å². The molecule has 0 radical (unpaired) electrons. The summed E-state index contributed by atoms with van der Waals surface area (Å²) >= 11 is 0. The van der Waals surface area contributed by atoms with E-state index in [-0.39, 0.29) is 11.7 Å². The molecule has 2 rings (SSSR count). The number of hydrogen-bond donors (Lipinski definition) is 1. The fourth-order valence-electron chi connectivity index (χ4n) is 1.53. The molecule has 1 aliphatic rings. The number of hydrogen-bond acceptors (Lipinski definition) is 4. The Morgan fingerprint density at radius 2 is 2.06 bits per heavy atom. The Balaban J connectivity index is 2.30. The van der Waals surface area contributed by atoms with Gasteiger partial charge in [0.15, 0.2) is 0 Å². The Kier molecular flexibility index (Phi) is 2.55. The van der Waals surface area contributed by atoms with Crippen LogP contribution in [0.25, 0.3) is 0 Å². The predicted molar refractivity (Wildman–Crippen MR) is 54.0 cm³/mol. The zero-order valence-electron chi connectivity index (χ0n) is 8.07. The Hall–Kier alpha value is -1.63. The molecule has 86 valence electrons. The van der Waals surface area contributed by atoms with Gasteiger partial charge in [0.05, 0.1) is 0 Å². The molecule has 0 spiro atoms. The van der Waals surface area contributed by atoms with Gasteiger partial charge in [-0.25, -0.2) is 0 Å². The third kappa shape index (κ3) is 2.48. The highest BCUT2D eigenvalue weighted by Gasteiger charge is 2.17. The number of aryl methyl sites for hydroxylation is 1. The lowest BCUT2D eigenvalue weighted by molar-refractivity contribution is -0.116. The smallest absolute Gasteiger partial charge is 0.358 e. The minimum absolute atomic E-state index is 0.0979. The molecule has 16 heavy (non-hydrogen) atoms. The van der Waals surface area contributed by atoms with Crippen molar-refractivity contribution in [1.82, 2.24) is 0 Å². The maximum atomic E-state index is 12.2. The second-order valence-corrected chi connectivity index (χ2v) is 4.30. The Morgan fingerprint density at radius 3 is 2.75 bits per heavy atom. The minimum atomic E-state index is -5.00. The predicted octanol–water partition coefficient (Wildman–Crippen LogP) is 1.16. The van der Waals surface area contributed by atoms with Crippen molar-refractivity contribution in [1.29, 1.82) is 0 Å². The number of rotatable bonds is 2. The van der Waals surface area contributed by atoms with Crippen LogP contribution in [0.2, 0.25) is 0 Å². The molecule has 0 bridgehead atoms. The van der Waals surface area contributed by atoms with Gasteiger partial charge in [0.1, 0.15) is 5.75 Å². The van der Waals surface area contributed by atoms with E-state index in [0.717, 1.165) is 5.56 Å². The maximum absolute atomic E-state index is 12.2. The van der Waals surface area contributed by atoms with E-state index in [1.54, 1.807) is 0 Å². The number of halogens is 1. The van der Waals surface area contributed by atoms with E-state index in [1.807, 2.05) is 0 Å². The topological polar surface area (TPSA) is 72.5 Å². The van der Waals surface area contributed by atoms with E-state index in [1.165, 1.54) is 18.2 Å². The highest BCUT2D eigenvalue weighted by atomic mass is 32.3. The number of carbonyl (C=O) groups is 1. The number of amides is 1. The Bertz CT molecular complexity index is 540. The fraction of sp³-hybridized carbons (Fsp3) is 0.222. The monoisotopic (exact) mass is 245 g/mol. The van der Waals surface area contributed by atoms with Crippen molar-refractivity contribution in [2.75, 3.05) is 5.32 Å². The van der Waals surface area contributed by atoms with Crippen molar-refractivity contribution >= 4 is 22.1 Å². The summed E-state index contributed by atoms with van der Waals surface area (Å²) in [6.45, 7) is 0. The molecule has 0 saturated heterocycles. The van der Waals surface area contributed by atoms with Crippen LogP contribution in [0.5, 0.6) is 5.75 Å². The van der Waals surface area contributed by atoms with Gasteiger partial charge in [0.25, 0.3) is 0 Å². The van der Waals surface area contributed by atoms with Crippen molar-refractivity contribution in [2.24, 2.45) is 0 Å². The maximum Gasteiger partial charge on any atom is 0.488 e. The van der Waals surface area contributed by atoms with Crippen molar-refractivity contribution in [3.8, 4) is 5.75 Å². The third-order valence-electron chi connectivity index (χ3n) is 2.17. The molecule has 0 atom stereocenters. The summed E-state index contributed by atoms with van der Waals surface area (Å²) in [6, 6.07) is 4.15. The molecule has 5 nitrogen and oxygen atoms in total. The minimum Gasteiger partial charge on any atom is -0.358 e. The van der Waals surface area contributed by atoms with Crippen LogP contribution in [0, 0.1) is 0 Å². The normalized spacial score (nSPS) is 15.2. The van der Waals surface area contributed by atoms with Gasteiger partial charge in [-0.05, 0) is 30.2 Å². The fourth-order valence-corrected chi connectivity index (χ4v) is 1.86. The van der Waals surface area contributed by atoms with Crippen LogP contribution >= 0.6 is 0 Å². The van der Waals surface area contributed by atoms with Crippen LogP contribution in [-0.2, 0) is 21.7 Å². The summed E-state index contributed by atoms with van der Waals surface area (Å²) in [4.78, 5) is 11.0. The SMILES string of the molecule is O=C1CCc2cc(OS(=O)(=O)F)ccc2N1. The molecular formula is C9H8FNO4S. The molecule has 1 N–H and O–H groups in total. The Labute approximate surface area is 91.6 Å². The summed E-state index contributed by atoms with van der Waals surface area (Å²) in [7, 11) is -5.00. The van der Waals surface area contributed by atoms with Gasteiger partial charge in [-0.3, -0.25) is 4.79 Å². The first-order valence-electron chi connectivity index (χ1n) is 4.51. The van der Waals surface area contributed by atoms with E-state index < -0.39 is 10.5 Å². The molecule has 0 fully saturated rings. The first-order valence-corrected chi connectivity index (χ1v) is 5.82. The summed E-state index contributed by atoms with van der Waals surface area (Å²) in [5.74, 6) is -0.198. The van der Waals surface area contributed by atoms with Crippen LogP contribution in [-0.4, -0.2) is 14.3 Å². The lowest BCUT2D eigenvalue weighted by Crippen LogP contribution is -2.18. The highest BCUT2D eigenvalue weighted by molar-refractivity contribution is 7.81. The molecule has 1 aromatic rings. The van der Waals surface area contributed by atoms with Gasteiger partial charge < -0.3 is 9.50 Å². The number of carbonyl (C=O) groups excluding carboxylic acids is 1. The van der Waals surface area contributed by atoms with Crippen molar-refractivity contribution in [3.63, 3.8) is 0 Å². The molecule has 0 aromatic heterocycles. The summed E-state index contributed by atoms with van der Waals surface area (Å²) in [5.41, 5.74) is 1.32. The van der Waals surface area contributed by atoms with E-state index in [0.29, 0.717) is 18.5 Å². The zero-order valence-corrected chi connectivity index (χ0v) is 8.88. The summed E-state index contributed by atoms with van der Waals surface area (Å²) < 4.78 is 36.9. The van der Waals surface area contributed by atoms with Gasteiger partial charge in [0, 0.05) is 12.1 Å². The van der Waals surface area contributed by atoms with E-state index in [2.05, 4.69) is 9.50 Å². The first kappa shape index (κ1) is 10.9. The first-order chi connectivity index (χ1) is 7.44. The van der Waals surface area contributed by atoms with Crippen molar-refractivity contribution < 1.29 is 21.3 Å². The molecule has 1 aromatic carbocycles. The average molecular weight is 245 g/mol. The van der Waals surface area contributed by atoms with Crippen LogP contribution in [0.3, 0.4) is 0 Å². The quantitative estimate of drug-likeness (QED) is 0.794. The van der Waals surface area contributed by atoms with Crippen LogP contribution in [0.1, 0.15) is 12.0 Å². The molecule has 0 saturated carbocycles. The number of benzene rings is 1. The van der Waals surface area contributed by atoms with E-state index >= 15 is 0 Å². The average Bonchev–Trinajstić information content (AvgIpc) is 2.16. The van der Waals surface area contributed by atoms with Gasteiger partial charge in [-0.15, -0.1) is 0 Å². The van der Waals surface area contributed by atoms with Gasteiger partial charge in [-0.1, -0.05) is 3.89 Å². The van der Waals surface area contributed by atoms with Gasteiger partial charge >= 0.3 is 10.5 Å². The molecule has 1 amide bonds. The number of nitrogens with one attached hydrogen (secondary N) is 1. The lowest BCUT2D eigenvalue weighted by atomic mass is 10.0. The van der Waals surface area contributed by atoms with E-state index in [4.69, 9.17) is 0 Å². The molecule has 0 unspecified atom stereocenters. The highest BCUT2D eigenvalue weighted by Crippen LogP contribution is 2.27. The number of anilines is 1. The van der Waals surface area contributed by atoms with Gasteiger partial charge in [-0.2, -0.15) is 8.42 Å².